The number of aryl methyl sites for hydroxylation is 1. The lowest BCUT2D eigenvalue weighted by atomic mass is 10.1. The maximum Gasteiger partial charge on any atom is 0.309 e. The van der Waals surface area contributed by atoms with Crippen molar-refractivity contribution in [2.75, 3.05) is 13.2 Å². The Labute approximate surface area is 122 Å². The highest BCUT2D eigenvalue weighted by atomic mass is 32.2. The first-order chi connectivity index (χ1) is 9.61. The first kappa shape index (κ1) is 17.5. The van der Waals surface area contributed by atoms with Crippen molar-refractivity contribution < 1.29 is 22.8 Å². The van der Waals surface area contributed by atoms with E-state index in [4.69, 9.17) is 5.11 Å². The Morgan fingerprint density at radius 2 is 2.05 bits per heavy atom. The summed E-state index contributed by atoms with van der Waals surface area (Å²) < 4.78 is 40.4. The second-order valence-corrected chi connectivity index (χ2v) is 6.58. The van der Waals surface area contributed by atoms with Crippen molar-refractivity contribution in [3.63, 3.8) is 0 Å². The molecule has 0 aliphatic carbocycles. The minimum Gasteiger partial charge on any atom is -0.396 e. The van der Waals surface area contributed by atoms with Gasteiger partial charge in [-0.2, -0.15) is 4.39 Å². The molecular formula is C12H17FN2O5S. The number of halogens is 1. The van der Waals surface area contributed by atoms with Crippen molar-refractivity contribution in [3.8, 4) is 0 Å². The van der Waals surface area contributed by atoms with Crippen LogP contribution < -0.4 is 4.72 Å². The van der Waals surface area contributed by atoms with Gasteiger partial charge in [-0.15, -0.1) is 0 Å². The van der Waals surface area contributed by atoms with Crippen LogP contribution in [0.1, 0.15) is 18.1 Å². The normalized spacial score (nSPS) is 13.2. The fourth-order valence-electron chi connectivity index (χ4n) is 1.93. The average Bonchev–Trinajstić information content (AvgIpc) is 2.34. The number of nitrogens with zero attached hydrogens (tertiary/aromatic N) is 1. The summed E-state index contributed by atoms with van der Waals surface area (Å²) >= 11 is 0. The van der Waals surface area contributed by atoms with Crippen molar-refractivity contribution in [2.45, 2.75) is 25.7 Å². The number of benzene rings is 1. The molecule has 21 heavy (non-hydrogen) atoms. The maximum absolute atomic E-state index is 13.6. The average molecular weight is 320 g/mol. The monoisotopic (exact) mass is 320 g/mol. The number of sulfonamides is 1. The lowest BCUT2D eigenvalue weighted by Crippen LogP contribution is -2.30. The first-order valence-electron chi connectivity index (χ1n) is 6.16. The summed E-state index contributed by atoms with van der Waals surface area (Å²) in [6.07, 6.45) is 0. The van der Waals surface area contributed by atoms with Gasteiger partial charge in [0.1, 0.15) is 0 Å². The molecule has 2 N–H and O–H groups in total. The van der Waals surface area contributed by atoms with Gasteiger partial charge in [0.25, 0.3) is 0 Å². The number of rotatable bonds is 6. The number of hydrogen-bond acceptors (Lipinski definition) is 5. The van der Waals surface area contributed by atoms with E-state index in [9.17, 15) is 22.9 Å². The van der Waals surface area contributed by atoms with E-state index in [1.807, 2.05) is 0 Å². The van der Waals surface area contributed by atoms with Gasteiger partial charge in [-0.05, 0) is 31.4 Å². The SMILES string of the molecule is Cc1cc(F)c([N+](=O)[O-])c(C)c1S(=O)(=O)NCC(C)CO. The minimum atomic E-state index is -4.03. The Hall–Kier alpha value is -1.58. The van der Waals surface area contributed by atoms with Crippen LogP contribution in [0.5, 0.6) is 0 Å². The van der Waals surface area contributed by atoms with Crippen molar-refractivity contribution in [2.24, 2.45) is 5.92 Å². The molecule has 0 fully saturated rings. The zero-order valence-electron chi connectivity index (χ0n) is 11.9. The van der Waals surface area contributed by atoms with Crippen molar-refractivity contribution >= 4 is 15.7 Å². The minimum absolute atomic E-state index is 0.0249. The van der Waals surface area contributed by atoms with Crippen LogP contribution in [0.25, 0.3) is 0 Å². The highest BCUT2D eigenvalue weighted by Gasteiger charge is 2.29. The zero-order chi connectivity index (χ0) is 16.4. The van der Waals surface area contributed by atoms with Crippen LogP contribution in [0.15, 0.2) is 11.0 Å². The smallest absolute Gasteiger partial charge is 0.309 e. The lowest BCUT2D eigenvalue weighted by Gasteiger charge is -2.14. The van der Waals surface area contributed by atoms with Crippen LogP contribution >= 0.6 is 0 Å². The molecule has 0 amide bonds. The maximum atomic E-state index is 13.6. The largest absolute Gasteiger partial charge is 0.396 e. The molecule has 0 aliphatic heterocycles. The van der Waals surface area contributed by atoms with Gasteiger partial charge in [-0.3, -0.25) is 10.1 Å². The first-order valence-corrected chi connectivity index (χ1v) is 7.64. The Kier molecular flexibility index (Phi) is 5.37. The second kappa shape index (κ2) is 6.46. The molecule has 1 atom stereocenters. The van der Waals surface area contributed by atoms with E-state index in [1.165, 1.54) is 13.8 Å². The molecule has 1 rings (SSSR count). The third-order valence-electron chi connectivity index (χ3n) is 3.01. The molecule has 0 bridgehead atoms. The lowest BCUT2D eigenvalue weighted by molar-refractivity contribution is -0.388. The van der Waals surface area contributed by atoms with Gasteiger partial charge in [0.15, 0.2) is 0 Å². The third kappa shape index (κ3) is 3.74. The number of nitrogens with one attached hydrogen (secondary N) is 1. The molecule has 1 aromatic carbocycles. The van der Waals surface area contributed by atoms with Crippen LogP contribution in [-0.2, 0) is 10.0 Å². The third-order valence-corrected chi connectivity index (χ3v) is 4.72. The Bertz CT molecular complexity index is 660. The zero-order valence-corrected chi connectivity index (χ0v) is 12.7. The molecule has 0 aliphatic rings. The van der Waals surface area contributed by atoms with Gasteiger partial charge < -0.3 is 5.11 Å². The summed E-state index contributed by atoms with van der Waals surface area (Å²) in [6, 6.07) is 0.829. The summed E-state index contributed by atoms with van der Waals surface area (Å²) in [6.45, 7) is 3.96. The molecule has 0 spiro atoms. The molecular weight excluding hydrogens is 303 g/mol. The Balaban J connectivity index is 3.36. The van der Waals surface area contributed by atoms with Gasteiger partial charge in [-0.1, -0.05) is 6.92 Å². The van der Waals surface area contributed by atoms with E-state index in [-0.39, 0.29) is 35.1 Å². The summed E-state index contributed by atoms with van der Waals surface area (Å²) in [5.74, 6) is -1.38. The van der Waals surface area contributed by atoms with E-state index >= 15 is 0 Å². The van der Waals surface area contributed by atoms with E-state index in [0.717, 1.165) is 6.07 Å². The predicted octanol–water partition coefficient (Wildman–Crippen LogP) is 1.26. The quantitative estimate of drug-likeness (QED) is 0.605. The summed E-state index contributed by atoms with van der Waals surface area (Å²) in [5, 5.41) is 19.8. The standard InChI is InChI=1S/C12H17FN2O5S/c1-7(6-16)5-14-21(19,20)12-8(2)4-10(13)11(9(12)3)15(17)18/h4,7,14,16H,5-6H2,1-3H3. The molecule has 0 heterocycles. The van der Waals surface area contributed by atoms with Gasteiger partial charge in [0, 0.05) is 13.2 Å². The molecule has 0 saturated heterocycles. The van der Waals surface area contributed by atoms with E-state index in [1.54, 1.807) is 6.92 Å². The van der Waals surface area contributed by atoms with Gasteiger partial charge in [0.05, 0.1) is 15.4 Å². The summed E-state index contributed by atoms with van der Waals surface area (Å²) in [5.41, 5.74) is -1.02. The number of aliphatic hydroxyl groups is 1. The number of nitro groups is 1. The topological polar surface area (TPSA) is 110 Å². The van der Waals surface area contributed by atoms with Crippen LogP contribution in [-0.4, -0.2) is 31.6 Å². The van der Waals surface area contributed by atoms with Crippen LogP contribution in [0, 0.1) is 35.7 Å². The van der Waals surface area contributed by atoms with Crippen LogP contribution in [0.3, 0.4) is 0 Å². The van der Waals surface area contributed by atoms with Crippen LogP contribution in [0.4, 0.5) is 10.1 Å². The fraction of sp³-hybridized carbons (Fsp3) is 0.500. The molecule has 9 heteroatoms. The highest BCUT2D eigenvalue weighted by molar-refractivity contribution is 7.89. The number of aliphatic hydroxyl groups excluding tert-OH is 1. The van der Waals surface area contributed by atoms with Crippen molar-refractivity contribution in [1.29, 1.82) is 0 Å². The van der Waals surface area contributed by atoms with E-state index in [2.05, 4.69) is 4.72 Å². The summed E-state index contributed by atoms with van der Waals surface area (Å²) in [4.78, 5) is 9.61. The number of nitro benzene ring substituents is 1. The molecule has 1 unspecified atom stereocenters. The fourth-order valence-corrected chi connectivity index (χ4v) is 3.56. The summed E-state index contributed by atoms with van der Waals surface area (Å²) in [7, 11) is -4.03. The van der Waals surface area contributed by atoms with E-state index in [0.29, 0.717) is 0 Å². The van der Waals surface area contributed by atoms with Crippen LogP contribution in [0.2, 0.25) is 0 Å². The Morgan fingerprint density at radius 1 is 1.48 bits per heavy atom. The Morgan fingerprint density at radius 3 is 2.52 bits per heavy atom. The van der Waals surface area contributed by atoms with Crippen molar-refractivity contribution in [3.05, 3.63) is 33.1 Å². The van der Waals surface area contributed by atoms with Gasteiger partial charge >= 0.3 is 5.69 Å². The molecule has 118 valence electrons. The predicted molar refractivity (Wildman–Crippen MR) is 74.0 cm³/mol. The van der Waals surface area contributed by atoms with Crippen molar-refractivity contribution in [1.82, 2.24) is 4.72 Å². The molecule has 1 aromatic rings. The van der Waals surface area contributed by atoms with Gasteiger partial charge in [-0.25, -0.2) is 13.1 Å². The second-order valence-electron chi connectivity index (χ2n) is 4.87. The van der Waals surface area contributed by atoms with E-state index < -0.39 is 26.5 Å². The molecule has 0 aromatic heterocycles. The number of hydrogen-bond donors (Lipinski definition) is 2. The molecule has 0 saturated carbocycles. The molecule has 7 nitrogen and oxygen atoms in total. The highest BCUT2D eigenvalue weighted by Crippen LogP contribution is 2.31. The van der Waals surface area contributed by atoms with Gasteiger partial charge in [0.2, 0.25) is 15.8 Å². The molecule has 0 radical (unpaired) electrons.